The van der Waals surface area contributed by atoms with Gasteiger partial charge in [-0.15, -0.1) is 16.8 Å². The van der Waals surface area contributed by atoms with E-state index in [9.17, 15) is 4.79 Å². The number of anilines is 1. The van der Waals surface area contributed by atoms with Crippen LogP contribution < -0.4 is 10.6 Å². The lowest BCUT2D eigenvalue weighted by molar-refractivity contribution is -0.115. The number of para-hydroxylation sites is 1. The van der Waals surface area contributed by atoms with Crippen molar-refractivity contribution in [2.45, 2.75) is 0 Å². The summed E-state index contributed by atoms with van der Waals surface area (Å²) < 4.78 is 1.81. The Morgan fingerprint density at radius 1 is 1.45 bits per heavy atom. The van der Waals surface area contributed by atoms with Gasteiger partial charge < -0.3 is 15.2 Å². The molecule has 0 aliphatic rings. The van der Waals surface area contributed by atoms with Gasteiger partial charge in [-0.3, -0.25) is 4.79 Å². The molecule has 0 bridgehead atoms. The lowest BCUT2D eigenvalue weighted by Gasteiger charge is -2.10. The van der Waals surface area contributed by atoms with Crippen molar-refractivity contribution < 1.29 is 4.79 Å². The standard InChI is InChI=1S/C14H17N5O/c1-3-8-15-9-13(20)17-12-7-5-4-6-11(12)14-18-16-10-19(14)2/h3-7,10,15H,1,8-9H2,2H3,(H,17,20). The topological polar surface area (TPSA) is 71.8 Å². The molecule has 6 nitrogen and oxygen atoms in total. The van der Waals surface area contributed by atoms with Gasteiger partial charge >= 0.3 is 0 Å². The first-order valence-electron chi connectivity index (χ1n) is 6.27. The fourth-order valence-electron chi connectivity index (χ4n) is 1.80. The molecule has 0 atom stereocenters. The van der Waals surface area contributed by atoms with Gasteiger partial charge in [-0.1, -0.05) is 18.2 Å². The summed E-state index contributed by atoms with van der Waals surface area (Å²) in [4.78, 5) is 11.8. The summed E-state index contributed by atoms with van der Waals surface area (Å²) in [5.74, 6) is 0.599. The summed E-state index contributed by atoms with van der Waals surface area (Å²) >= 11 is 0. The first-order chi connectivity index (χ1) is 9.72. The quantitative estimate of drug-likeness (QED) is 0.611. The molecule has 0 saturated heterocycles. The molecule has 2 rings (SSSR count). The van der Waals surface area contributed by atoms with E-state index >= 15 is 0 Å². The van der Waals surface area contributed by atoms with Crippen LogP contribution in [0.3, 0.4) is 0 Å². The van der Waals surface area contributed by atoms with E-state index < -0.39 is 0 Å². The highest BCUT2D eigenvalue weighted by molar-refractivity contribution is 5.95. The first kappa shape index (κ1) is 14.0. The second-order valence-electron chi connectivity index (χ2n) is 4.28. The molecule has 0 radical (unpaired) electrons. The van der Waals surface area contributed by atoms with E-state index in [2.05, 4.69) is 27.4 Å². The van der Waals surface area contributed by atoms with Gasteiger partial charge in [0, 0.05) is 19.2 Å². The fraction of sp³-hybridized carbons (Fsp3) is 0.214. The SMILES string of the molecule is C=CCNCC(=O)Nc1ccccc1-c1nncn1C. The van der Waals surface area contributed by atoms with Gasteiger partial charge in [0.05, 0.1) is 12.2 Å². The summed E-state index contributed by atoms with van der Waals surface area (Å²) in [6, 6.07) is 7.51. The van der Waals surface area contributed by atoms with Crippen LogP contribution in [-0.2, 0) is 11.8 Å². The second-order valence-corrected chi connectivity index (χ2v) is 4.28. The van der Waals surface area contributed by atoms with Crippen LogP contribution in [0.4, 0.5) is 5.69 Å². The molecular formula is C14H17N5O. The molecule has 1 aromatic heterocycles. The third kappa shape index (κ3) is 3.30. The van der Waals surface area contributed by atoms with Crippen LogP contribution >= 0.6 is 0 Å². The highest BCUT2D eigenvalue weighted by Crippen LogP contribution is 2.25. The number of rotatable bonds is 6. The first-order valence-corrected chi connectivity index (χ1v) is 6.27. The molecule has 6 heteroatoms. The Kier molecular flexibility index (Phi) is 4.62. The molecule has 104 valence electrons. The number of hydrogen-bond acceptors (Lipinski definition) is 4. The number of nitrogens with zero attached hydrogens (tertiary/aromatic N) is 3. The van der Waals surface area contributed by atoms with E-state index in [1.165, 1.54) is 0 Å². The van der Waals surface area contributed by atoms with Gasteiger partial charge in [0.25, 0.3) is 0 Å². The lowest BCUT2D eigenvalue weighted by atomic mass is 10.1. The smallest absolute Gasteiger partial charge is 0.238 e. The zero-order valence-electron chi connectivity index (χ0n) is 11.3. The number of nitrogens with one attached hydrogen (secondary N) is 2. The van der Waals surface area contributed by atoms with Gasteiger partial charge in [0.15, 0.2) is 5.82 Å². The zero-order chi connectivity index (χ0) is 14.4. The minimum atomic E-state index is -0.110. The third-order valence-electron chi connectivity index (χ3n) is 2.73. The van der Waals surface area contributed by atoms with Gasteiger partial charge in [0.2, 0.25) is 5.91 Å². The molecule has 0 aliphatic carbocycles. The Labute approximate surface area is 117 Å². The normalized spacial score (nSPS) is 10.2. The monoisotopic (exact) mass is 271 g/mol. The van der Waals surface area contributed by atoms with Crippen molar-refractivity contribution in [1.82, 2.24) is 20.1 Å². The maximum Gasteiger partial charge on any atom is 0.238 e. The van der Waals surface area contributed by atoms with Crippen LogP contribution in [0.1, 0.15) is 0 Å². The Morgan fingerprint density at radius 3 is 2.95 bits per heavy atom. The molecule has 0 unspecified atom stereocenters. The summed E-state index contributed by atoms with van der Waals surface area (Å²) in [6.07, 6.45) is 3.33. The molecule has 0 fully saturated rings. The lowest BCUT2D eigenvalue weighted by Crippen LogP contribution is -2.28. The molecule has 20 heavy (non-hydrogen) atoms. The van der Waals surface area contributed by atoms with Crippen LogP contribution in [0, 0.1) is 0 Å². The minimum Gasteiger partial charge on any atom is -0.324 e. The molecule has 0 spiro atoms. The second kappa shape index (κ2) is 6.63. The van der Waals surface area contributed by atoms with Crippen molar-refractivity contribution in [3.63, 3.8) is 0 Å². The van der Waals surface area contributed by atoms with E-state index in [1.807, 2.05) is 31.3 Å². The maximum atomic E-state index is 11.8. The average molecular weight is 271 g/mol. The summed E-state index contributed by atoms with van der Waals surface area (Å²) in [7, 11) is 1.86. The number of benzene rings is 1. The van der Waals surface area contributed by atoms with Gasteiger partial charge in [-0.25, -0.2) is 0 Å². The number of aryl methyl sites for hydroxylation is 1. The summed E-state index contributed by atoms with van der Waals surface area (Å²) in [5.41, 5.74) is 1.55. The summed E-state index contributed by atoms with van der Waals surface area (Å²) in [5, 5.41) is 13.7. The van der Waals surface area contributed by atoms with Crippen LogP contribution in [-0.4, -0.2) is 33.8 Å². The number of aromatic nitrogens is 3. The molecule has 1 amide bonds. The number of hydrogen-bond donors (Lipinski definition) is 2. The number of carbonyl (C=O) groups excluding carboxylic acids is 1. The van der Waals surface area contributed by atoms with Crippen LogP contribution in [0.2, 0.25) is 0 Å². The van der Waals surface area contributed by atoms with E-state index in [0.29, 0.717) is 18.1 Å². The Balaban J connectivity index is 2.15. The zero-order valence-corrected chi connectivity index (χ0v) is 11.3. The number of amides is 1. The Morgan fingerprint density at radius 2 is 2.25 bits per heavy atom. The molecule has 0 aliphatic heterocycles. The van der Waals surface area contributed by atoms with Crippen molar-refractivity contribution in [1.29, 1.82) is 0 Å². The molecule has 2 aromatic rings. The molecular weight excluding hydrogens is 254 g/mol. The minimum absolute atomic E-state index is 0.110. The highest BCUT2D eigenvalue weighted by atomic mass is 16.1. The number of carbonyl (C=O) groups is 1. The maximum absolute atomic E-state index is 11.8. The van der Waals surface area contributed by atoms with Crippen molar-refractivity contribution in [3.05, 3.63) is 43.2 Å². The van der Waals surface area contributed by atoms with Crippen molar-refractivity contribution in [2.75, 3.05) is 18.4 Å². The fourth-order valence-corrected chi connectivity index (χ4v) is 1.80. The third-order valence-corrected chi connectivity index (χ3v) is 2.73. The largest absolute Gasteiger partial charge is 0.324 e. The van der Waals surface area contributed by atoms with Crippen molar-refractivity contribution in [3.8, 4) is 11.4 Å². The van der Waals surface area contributed by atoms with E-state index in [1.54, 1.807) is 17.0 Å². The van der Waals surface area contributed by atoms with Gasteiger partial charge in [-0.2, -0.15) is 0 Å². The van der Waals surface area contributed by atoms with E-state index in [0.717, 1.165) is 5.56 Å². The Hall–Kier alpha value is -2.47. The van der Waals surface area contributed by atoms with Gasteiger partial charge in [0.1, 0.15) is 6.33 Å². The van der Waals surface area contributed by atoms with Crippen molar-refractivity contribution >= 4 is 11.6 Å². The van der Waals surface area contributed by atoms with Gasteiger partial charge in [-0.05, 0) is 12.1 Å². The van der Waals surface area contributed by atoms with E-state index in [4.69, 9.17) is 0 Å². The van der Waals surface area contributed by atoms with Crippen LogP contribution in [0.25, 0.3) is 11.4 Å². The van der Waals surface area contributed by atoms with Crippen LogP contribution in [0.5, 0.6) is 0 Å². The van der Waals surface area contributed by atoms with Crippen molar-refractivity contribution in [2.24, 2.45) is 7.05 Å². The highest BCUT2D eigenvalue weighted by Gasteiger charge is 2.11. The molecule has 0 saturated carbocycles. The molecule has 1 aromatic carbocycles. The summed E-state index contributed by atoms with van der Waals surface area (Å²) in [6.45, 7) is 4.42. The predicted molar refractivity (Wildman–Crippen MR) is 78.1 cm³/mol. The Bertz CT molecular complexity index is 605. The predicted octanol–water partition coefficient (Wildman–Crippen LogP) is 1.20. The van der Waals surface area contributed by atoms with E-state index in [-0.39, 0.29) is 12.5 Å². The molecule has 1 heterocycles. The molecule has 2 N–H and O–H groups in total. The average Bonchev–Trinajstić information content (AvgIpc) is 2.86. The van der Waals surface area contributed by atoms with Crippen LogP contribution in [0.15, 0.2) is 43.2 Å².